The fourth-order valence-electron chi connectivity index (χ4n) is 2.78. The highest BCUT2D eigenvalue weighted by atomic mass is 79.9. The molecule has 1 aliphatic rings. The Labute approximate surface area is 128 Å². The Hall–Kier alpha value is -0.900. The van der Waals surface area contributed by atoms with Crippen LogP contribution in [-0.4, -0.2) is 12.5 Å². The summed E-state index contributed by atoms with van der Waals surface area (Å²) in [5.41, 5.74) is 0.108. The zero-order valence-corrected chi connectivity index (χ0v) is 13.4. The zero-order valence-electron chi connectivity index (χ0n) is 11.8. The standard InChI is InChI=1S/C16H21BrFNO/c1-11-5-7-12(8-6-11)9-10-19-16(20)13-3-2-4-14(17)15(13)18/h2-4,11-12H,5-10H2,1H3,(H,19,20). The first kappa shape index (κ1) is 15.5. The third-order valence-electron chi connectivity index (χ3n) is 4.17. The highest BCUT2D eigenvalue weighted by Gasteiger charge is 2.18. The first-order chi connectivity index (χ1) is 9.58. The van der Waals surface area contributed by atoms with E-state index in [1.165, 1.54) is 31.7 Å². The fraction of sp³-hybridized carbons (Fsp3) is 0.562. The summed E-state index contributed by atoms with van der Waals surface area (Å²) < 4.78 is 14.1. The van der Waals surface area contributed by atoms with Crippen molar-refractivity contribution in [3.05, 3.63) is 34.1 Å². The van der Waals surface area contributed by atoms with Crippen LogP contribution in [0.5, 0.6) is 0 Å². The second-order valence-electron chi connectivity index (χ2n) is 5.77. The van der Waals surface area contributed by atoms with Crippen LogP contribution in [0.4, 0.5) is 4.39 Å². The lowest BCUT2D eigenvalue weighted by Crippen LogP contribution is -2.27. The summed E-state index contributed by atoms with van der Waals surface area (Å²) in [6.45, 7) is 2.93. The van der Waals surface area contributed by atoms with Crippen molar-refractivity contribution < 1.29 is 9.18 Å². The molecule has 2 rings (SSSR count). The molecule has 20 heavy (non-hydrogen) atoms. The molecule has 0 heterocycles. The third-order valence-corrected chi connectivity index (χ3v) is 4.78. The van der Waals surface area contributed by atoms with Gasteiger partial charge < -0.3 is 5.32 Å². The van der Waals surface area contributed by atoms with Crippen LogP contribution in [0.2, 0.25) is 0 Å². The van der Waals surface area contributed by atoms with Gasteiger partial charge in [-0.1, -0.05) is 38.7 Å². The van der Waals surface area contributed by atoms with Crippen LogP contribution in [0.15, 0.2) is 22.7 Å². The van der Waals surface area contributed by atoms with E-state index in [2.05, 4.69) is 28.2 Å². The normalized spacial score (nSPS) is 22.6. The van der Waals surface area contributed by atoms with Crippen molar-refractivity contribution in [3.63, 3.8) is 0 Å². The van der Waals surface area contributed by atoms with Crippen LogP contribution in [0.25, 0.3) is 0 Å². The van der Waals surface area contributed by atoms with E-state index < -0.39 is 5.82 Å². The van der Waals surface area contributed by atoms with Crippen LogP contribution in [-0.2, 0) is 0 Å². The molecule has 1 saturated carbocycles. The largest absolute Gasteiger partial charge is 0.352 e. The molecule has 0 aliphatic heterocycles. The minimum absolute atomic E-state index is 0.108. The van der Waals surface area contributed by atoms with Crippen molar-refractivity contribution in [3.8, 4) is 0 Å². The van der Waals surface area contributed by atoms with Gasteiger partial charge in [-0.2, -0.15) is 0 Å². The highest BCUT2D eigenvalue weighted by molar-refractivity contribution is 9.10. The molecule has 0 spiro atoms. The predicted octanol–water partition coefficient (Wildman–Crippen LogP) is 4.53. The molecule has 4 heteroatoms. The Kier molecular flexibility index (Phi) is 5.58. The van der Waals surface area contributed by atoms with E-state index in [0.717, 1.165) is 12.3 Å². The van der Waals surface area contributed by atoms with Gasteiger partial charge in [-0.3, -0.25) is 4.79 Å². The molecule has 1 aromatic rings. The summed E-state index contributed by atoms with van der Waals surface area (Å²) in [5, 5.41) is 2.83. The fourth-order valence-corrected chi connectivity index (χ4v) is 3.15. The van der Waals surface area contributed by atoms with E-state index in [9.17, 15) is 9.18 Å². The molecule has 0 bridgehead atoms. The number of halogens is 2. The number of carbonyl (C=O) groups excluding carboxylic acids is 1. The average Bonchev–Trinajstić information content (AvgIpc) is 2.44. The molecule has 110 valence electrons. The molecule has 0 atom stereocenters. The van der Waals surface area contributed by atoms with Gasteiger partial charge in [-0.05, 0) is 46.3 Å². The van der Waals surface area contributed by atoms with Crippen molar-refractivity contribution in [1.82, 2.24) is 5.32 Å². The number of benzene rings is 1. The zero-order chi connectivity index (χ0) is 14.5. The van der Waals surface area contributed by atoms with Crippen LogP contribution < -0.4 is 5.32 Å². The molecule has 1 aromatic carbocycles. The molecular weight excluding hydrogens is 321 g/mol. The van der Waals surface area contributed by atoms with Gasteiger partial charge in [0.2, 0.25) is 0 Å². The lowest BCUT2D eigenvalue weighted by atomic mass is 9.81. The number of hydrogen-bond acceptors (Lipinski definition) is 1. The Morgan fingerprint density at radius 3 is 2.75 bits per heavy atom. The van der Waals surface area contributed by atoms with E-state index in [1.807, 2.05) is 0 Å². The van der Waals surface area contributed by atoms with Crippen molar-refractivity contribution >= 4 is 21.8 Å². The minimum Gasteiger partial charge on any atom is -0.352 e. The Bertz CT molecular complexity index is 470. The Morgan fingerprint density at radius 1 is 1.35 bits per heavy atom. The van der Waals surface area contributed by atoms with Gasteiger partial charge >= 0.3 is 0 Å². The Morgan fingerprint density at radius 2 is 2.05 bits per heavy atom. The SMILES string of the molecule is CC1CCC(CCNC(=O)c2cccc(Br)c2F)CC1. The maximum Gasteiger partial charge on any atom is 0.254 e. The molecule has 1 fully saturated rings. The van der Waals surface area contributed by atoms with Crippen molar-refractivity contribution in [2.45, 2.75) is 39.0 Å². The molecule has 0 aromatic heterocycles. The average molecular weight is 342 g/mol. The predicted molar refractivity (Wildman–Crippen MR) is 82.2 cm³/mol. The van der Waals surface area contributed by atoms with Gasteiger partial charge in [-0.15, -0.1) is 0 Å². The van der Waals surface area contributed by atoms with E-state index in [1.54, 1.807) is 12.1 Å². The van der Waals surface area contributed by atoms with Gasteiger partial charge in [-0.25, -0.2) is 4.39 Å². The first-order valence-corrected chi connectivity index (χ1v) is 8.09. The topological polar surface area (TPSA) is 29.1 Å². The Balaban J connectivity index is 1.79. The molecule has 0 saturated heterocycles. The summed E-state index contributed by atoms with van der Waals surface area (Å²) >= 11 is 3.10. The number of carbonyl (C=O) groups is 1. The van der Waals surface area contributed by atoms with Gasteiger partial charge in [0.1, 0.15) is 5.82 Å². The van der Waals surface area contributed by atoms with Gasteiger partial charge in [0.05, 0.1) is 10.0 Å². The lowest BCUT2D eigenvalue weighted by molar-refractivity contribution is 0.0945. The highest BCUT2D eigenvalue weighted by Crippen LogP contribution is 2.30. The molecule has 0 radical (unpaired) electrons. The molecule has 1 N–H and O–H groups in total. The molecule has 0 unspecified atom stereocenters. The van der Waals surface area contributed by atoms with Gasteiger partial charge in [0.15, 0.2) is 0 Å². The molecule has 1 amide bonds. The summed E-state index contributed by atoms with van der Waals surface area (Å²) in [4.78, 5) is 11.9. The molecular formula is C16H21BrFNO. The smallest absolute Gasteiger partial charge is 0.254 e. The van der Waals surface area contributed by atoms with Crippen molar-refractivity contribution in [1.29, 1.82) is 0 Å². The van der Waals surface area contributed by atoms with E-state index in [0.29, 0.717) is 16.9 Å². The quantitative estimate of drug-likeness (QED) is 0.856. The van der Waals surface area contributed by atoms with E-state index >= 15 is 0 Å². The number of rotatable bonds is 4. The number of amides is 1. The maximum absolute atomic E-state index is 13.8. The first-order valence-electron chi connectivity index (χ1n) is 7.30. The van der Waals surface area contributed by atoms with Crippen LogP contribution >= 0.6 is 15.9 Å². The summed E-state index contributed by atoms with van der Waals surface area (Å²) in [5.74, 6) is 0.736. The second kappa shape index (κ2) is 7.21. The van der Waals surface area contributed by atoms with Crippen LogP contribution in [0.1, 0.15) is 49.4 Å². The second-order valence-corrected chi connectivity index (χ2v) is 6.63. The van der Waals surface area contributed by atoms with Crippen molar-refractivity contribution in [2.75, 3.05) is 6.54 Å². The van der Waals surface area contributed by atoms with Gasteiger partial charge in [0, 0.05) is 6.54 Å². The number of hydrogen-bond donors (Lipinski definition) is 1. The van der Waals surface area contributed by atoms with E-state index in [-0.39, 0.29) is 11.5 Å². The van der Waals surface area contributed by atoms with Crippen LogP contribution in [0, 0.1) is 17.7 Å². The molecule has 2 nitrogen and oxygen atoms in total. The summed E-state index contributed by atoms with van der Waals surface area (Å²) in [6, 6.07) is 4.78. The monoisotopic (exact) mass is 341 g/mol. The van der Waals surface area contributed by atoms with Crippen molar-refractivity contribution in [2.24, 2.45) is 11.8 Å². The summed E-state index contributed by atoms with van der Waals surface area (Å²) in [7, 11) is 0. The van der Waals surface area contributed by atoms with E-state index in [4.69, 9.17) is 0 Å². The minimum atomic E-state index is -0.489. The number of nitrogens with one attached hydrogen (secondary N) is 1. The lowest BCUT2D eigenvalue weighted by Gasteiger charge is -2.26. The third kappa shape index (κ3) is 4.05. The maximum atomic E-state index is 13.8. The molecule has 1 aliphatic carbocycles. The van der Waals surface area contributed by atoms with Gasteiger partial charge in [0.25, 0.3) is 5.91 Å². The van der Waals surface area contributed by atoms with Crippen LogP contribution in [0.3, 0.4) is 0 Å². The summed E-state index contributed by atoms with van der Waals surface area (Å²) in [6.07, 6.45) is 6.08.